The van der Waals surface area contributed by atoms with Crippen molar-refractivity contribution in [3.63, 3.8) is 0 Å². The van der Waals surface area contributed by atoms with E-state index in [1.54, 1.807) is 20.3 Å². The average molecular weight is 481 g/mol. The molecule has 2 heterocycles. The molecule has 1 saturated heterocycles. The molecule has 0 saturated carbocycles. The Labute approximate surface area is 201 Å². The third-order valence-corrected chi connectivity index (χ3v) is 9.51. The van der Waals surface area contributed by atoms with Crippen LogP contribution in [0.1, 0.15) is 24.0 Å². The van der Waals surface area contributed by atoms with Crippen LogP contribution >= 0.6 is 0 Å². The van der Waals surface area contributed by atoms with Crippen molar-refractivity contribution in [2.45, 2.75) is 36.1 Å². The van der Waals surface area contributed by atoms with Gasteiger partial charge in [0.25, 0.3) is 0 Å². The van der Waals surface area contributed by atoms with Crippen molar-refractivity contribution in [3.05, 3.63) is 65.7 Å². The van der Waals surface area contributed by atoms with E-state index in [9.17, 15) is 8.42 Å². The molecule has 0 aliphatic carbocycles. The highest BCUT2D eigenvalue weighted by Crippen LogP contribution is 2.38. The highest BCUT2D eigenvalue weighted by atomic mass is 32.2. The molecule has 2 atom stereocenters. The number of fused-ring (bicyclic) bond motifs is 2. The number of methoxy groups -OCH3 is 2. The number of hydrogen-bond donors (Lipinski definition) is 1. The van der Waals surface area contributed by atoms with Crippen LogP contribution in [0.2, 0.25) is 0 Å². The molecule has 180 valence electrons. The monoisotopic (exact) mass is 480 g/mol. The van der Waals surface area contributed by atoms with Gasteiger partial charge in [0.15, 0.2) is 21.3 Å². The first kappa shape index (κ1) is 23.1. The molecule has 0 spiro atoms. The number of ether oxygens (including phenoxy) is 2. The number of hydrogen-bond acceptors (Lipinski definition) is 6. The van der Waals surface area contributed by atoms with E-state index in [0.29, 0.717) is 36.0 Å². The molecular weight excluding hydrogens is 448 g/mol. The second-order valence-electron chi connectivity index (χ2n) is 9.22. The molecule has 2 aliphatic rings. The minimum absolute atomic E-state index is 0.0272. The lowest BCUT2D eigenvalue weighted by Gasteiger charge is -2.41. The molecule has 1 fully saturated rings. The van der Waals surface area contributed by atoms with Gasteiger partial charge in [0.2, 0.25) is 0 Å². The van der Waals surface area contributed by atoms with Crippen LogP contribution in [0.4, 0.5) is 0 Å². The summed E-state index contributed by atoms with van der Waals surface area (Å²) in [6, 6.07) is 17.4. The fourth-order valence-corrected chi connectivity index (χ4v) is 7.90. The van der Waals surface area contributed by atoms with Crippen LogP contribution in [0.15, 0.2) is 59.5 Å². The molecule has 0 amide bonds. The van der Waals surface area contributed by atoms with Gasteiger partial charge < -0.3 is 14.8 Å². The van der Waals surface area contributed by atoms with Gasteiger partial charge in [0, 0.05) is 30.9 Å². The maximum absolute atomic E-state index is 14.4. The number of sulfone groups is 1. The SMILES string of the molecule is COc1cc2c(cc1OC)CN(C(C1CCCNC1)S(=O)(=O)c1cccc3ccccc13)CC2. The molecule has 3 aromatic rings. The van der Waals surface area contributed by atoms with Gasteiger partial charge in [-0.1, -0.05) is 36.4 Å². The van der Waals surface area contributed by atoms with Gasteiger partial charge in [-0.25, -0.2) is 8.42 Å². The van der Waals surface area contributed by atoms with Gasteiger partial charge in [0.1, 0.15) is 5.37 Å². The number of nitrogens with zero attached hydrogens (tertiary/aromatic N) is 1. The van der Waals surface area contributed by atoms with Crippen LogP contribution in [-0.2, 0) is 22.8 Å². The van der Waals surface area contributed by atoms with Gasteiger partial charge >= 0.3 is 0 Å². The van der Waals surface area contributed by atoms with E-state index in [1.807, 2.05) is 48.5 Å². The zero-order chi connectivity index (χ0) is 23.7. The molecule has 1 N–H and O–H groups in total. The lowest BCUT2D eigenvalue weighted by molar-refractivity contribution is 0.161. The van der Waals surface area contributed by atoms with Crippen LogP contribution in [0.5, 0.6) is 11.5 Å². The van der Waals surface area contributed by atoms with E-state index >= 15 is 0 Å². The second-order valence-corrected chi connectivity index (χ2v) is 11.2. The number of nitrogens with one attached hydrogen (secondary N) is 1. The van der Waals surface area contributed by atoms with E-state index in [0.717, 1.165) is 42.1 Å². The molecule has 7 heteroatoms. The minimum atomic E-state index is -3.63. The summed E-state index contributed by atoms with van der Waals surface area (Å²) in [4.78, 5) is 2.60. The summed E-state index contributed by atoms with van der Waals surface area (Å²) >= 11 is 0. The summed E-state index contributed by atoms with van der Waals surface area (Å²) < 4.78 is 39.7. The first-order chi connectivity index (χ1) is 16.5. The maximum Gasteiger partial charge on any atom is 0.195 e. The summed E-state index contributed by atoms with van der Waals surface area (Å²) in [7, 11) is -0.356. The predicted octanol–water partition coefficient (Wildman–Crippen LogP) is 4.01. The van der Waals surface area contributed by atoms with E-state index in [1.165, 1.54) is 5.56 Å². The smallest absolute Gasteiger partial charge is 0.195 e. The Bertz CT molecular complexity index is 1280. The lowest BCUT2D eigenvalue weighted by atomic mass is 9.95. The Morgan fingerprint density at radius 3 is 2.47 bits per heavy atom. The highest BCUT2D eigenvalue weighted by molar-refractivity contribution is 7.92. The van der Waals surface area contributed by atoms with E-state index in [4.69, 9.17) is 9.47 Å². The third kappa shape index (κ3) is 4.17. The van der Waals surface area contributed by atoms with Crippen LogP contribution in [0, 0.1) is 5.92 Å². The first-order valence-electron chi connectivity index (χ1n) is 11.9. The molecular formula is C27H32N2O4S. The van der Waals surface area contributed by atoms with Crippen LogP contribution in [0.3, 0.4) is 0 Å². The van der Waals surface area contributed by atoms with Gasteiger partial charge in [-0.15, -0.1) is 0 Å². The van der Waals surface area contributed by atoms with Crippen molar-refractivity contribution < 1.29 is 17.9 Å². The Kier molecular flexibility index (Phi) is 6.51. The van der Waals surface area contributed by atoms with Gasteiger partial charge in [-0.2, -0.15) is 0 Å². The zero-order valence-corrected chi connectivity index (χ0v) is 20.6. The summed E-state index contributed by atoms with van der Waals surface area (Å²) in [6.07, 6.45) is 2.66. The van der Waals surface area contributed by atoms with Crippen molar-refractivity contribution in [1.29, 1.82) is 0 Å². The van der Waals surface area contributed by atoms with Gasteiger partial charge in [-0.3, -0.25) is 4.90 Å². The quantitative estimate of drug-likeness (QED) is 0.575. The zero-order valence-electron chi connectivity index (χ0n) is 19.8. The normalized spacial score (nSPS) is 20.0. The molecule has 6 nitrogen and oxygen atoms in total. The van der Waals surface area contributed by atoms with Gasteiger partial charge in [-0.05, 0) is 60.5 Å². The standard InChI is InChI=1S/C27H32N2O4S/c1-32-24-15-20-12-14-29(18-22(20)16-25(24)33-2)27(21-9-6-13-28-17-21)34(30,31)26-11-5-8-19-7-3-4-10-23(19)26/h3-5,7-8,10-11,15-16,21,27-28H,6,9,12-14,17-18H2,1-2H3. The van der Waals surface area contributed by atoms with Crippen LogP contribution < -0.4 is 14.8 Å². The highest BCUT2D eigenvalue weighted by Gasteiger charge is 2.41. The Hall–Kier alpha value is -2.61. The number of benzene rings is 3. The predicted molar refractivity (Wildman–Crippen MR) is 134 cm³/mol. The third-order valence-electron chi connectivity index (χ3n) is 7.22. The Morgan fingerprint density at radius 1 is 1.00 bits per heavy atom. The Morgan fingerprint density at radius 2 is 1.74 bits per heavy atom. The second kappa shape index (κ2) is 9.56. The minimum Gasteiger partial charge on any atom is -0.493 e. The summed E-state index contributed by atoms with van der Waals surface area (Å²) in [5.41, 5.74) is 2.29. The molecule has 34 heavy (non-hydrogen) atoms. The largest absolute Gasteiger partial charge is 0.493 e. The number of piperidine rings is 1. The molecule has 0 radical (unpaired) electrons. The van der Waals surface area contributed by atoms with Crippen molar-refractivity contribution in [3.8, 4) is 11.5 Å². The maximum atomic E-state index is 14.4. The first-order valence-corrected chi connectivity index (χ1v) is 13.5. The molecule has 5 rings (SSSR count). The van der Waals surface area contributed by atoms with Gasteiger partial charge in [0.05, 0.1) is 19.1 Å². The van der Waals surface area contributed by atoms with E-state index in [2.05, 4.69) is 10.2 Å². The summed E-state index contributed by atoms with van der Waals surface area (Å²) in [6.45, 7) is 2.91. The van der Waals surface area contributed by atoms with Crippen molar-refractivity contribution in [2.24, 2.45) is 5.92 Å². The fourth-order valence-electron chi connectivity index (χ4n) is 5.57. The van der Waals surface area contributed by atoms with Crippen LogP contribution in [-0.4, -0.2) is 52.5 Å². The summed E-state index contributed by atoms with van der Waals surface area (Å²) in [5, 5.41) is 4.59. The summed E-state index contributed by atoms with van der Waals surface area (Å²) in [5.74, 6) is 1.42. The molecule has 2 aliphatic heterocycles. The molecule has 0 bridgehead atoms. The van der Waals surface area contributed by atoms with Crippen molar-refractivity contribution in [2.75, 3.05) is 33.9 Å². The van der Waals surface area contributed by atoms with Crippen molar-refractivity contribution in [1.82, 2.24) is 10.2 Å². The molecule has 0 aromatic heterocycles. The fraction of sp³-hybridized carbons (Fsp3) is 0.407. The number of rotatable bonds is 6. The lowest BCUT2D eigenvalue weighted by Crippen LogP contribution is -2.52. The average Bonchev–Trinajstić information content (AvgIpc) is 2.88. The van der Waals surface area contributed by atoms with Crippen LogP contribution in [0.25, 0.3) is 10.8 Å². The van der Waals surface area contributed by atoms with E-state index in [-0.39, 0.29) is 5.92 Å². The Balaban J connectivity index is 1.57. The van der Waals surface area contributed by atoms with Crippen molar-refractivity contribution >= 4 is 20.6 Å². The topological polar surface area (TPSA) is 67.9 Å². The molecule has 2 unspecified atom stereocenters. The molecule has 3 aromatic carbocycles. The van der Waals surface area contributed by atoms with E-state index < -0.39 is 15.2 Å².